The summed E-state index contributed by atoms with van der Waals surface area (Å²) in [6.45, 7) is 0.921. The topological polar surface area (TPSA) is 68.0 Å². The first kappa shape index (κ1) is 10.6. The molecule has 4 heteroatoms. The lowest BCUT2D eigenvalue weighted by Crippen LogP contribution is -2.29. The smallest absolute Gasteiger partial charge is 0.252 e. The van der Waals surface area contributed by atoms with E-state index in [0.717, 1.165) is 10.9 Å². The number of carbonyl (C=O) groups excluding carboxylic acids is 1. The Bertz CT molecular complexity index is 505. The van der Waals surface area contributed by atoms with Crippen LogP contribution in [-0.2, 0) is 0 Å². The molecule has 2 rings (SSSR count). The number of hydrogen-bond acceptors (Lipinski definition) is 3. The van der Waals surface area contributed by atoms with Crippen LogP contribution in [0.25, 0.3) is 10.9 Å². The van der Waals surface area contributed by atoms with Crippen LogP contribution in [0.1, 0.15) is 10.4 Å². The van der Waals surface area contributed by atoms with E-state index >= 15 is 0 Å². The maximum atomic E-state index is 11.8. The maximum Gasteiger partial charge on any atom is 0.252 e. The molecule has 0 saturated carbocycles. The summed E-state index contributed by atoms with van der Waals surface area (Å²) in [6.07, 6.45) is 1.71. The van der Waals surface area contributed by atoms with Gasteiger partial charge < -0.3 is 11.1 Å². The average molecular weight is 215 g/mol. The average Bonchev–Trinajstić information content (AvgIpc) is 2.35. The van der Waals surface area contributed by atoms with Gasteiger partial charge in [0.15, 0.2) is 0 Å². The van der Waals surface area contributed by atoms with E-state index in [9.17, 15) is 4.79 Å². The monoisotopic (exact) mass is 215 g/mol. The second kappa shape index (κ2) is 4.72. The molecule has 0 bridgehead atoms. The molecule has 0 aliphatic carbocycles. The number of fused-ring (bicyclic) bond motifs is 1. The van der Waals surface area contributed by atoms with E-state index in [-0.39, 0.29) is 5.91 Å². The van der Waals surface area contributed by atoms with Crippen LogP contribution in [-0.4, -0.2) is 24.0 Å². The van der Waals surface area contributed by atoms with Crippen molar-refractivity contribution >= 4 is 16.8 Å². The zero-order valence-electron chi connectivity index (χ0n) is 8.81. The number of hydrogen-bond donors (Lipinski definition) is 2. The predicted molar refractivity (Wildman–Crippen MR) is 63.1 cm³/mol. The Morgan fingerprint density at radius 2 is 2.19 bits per heavy atom. The highest BCUT2D eigenvalue weighted by molar-refractivity contribution is 6.06. The molecule has 0 saturated heterocycles. The minimum Gasteiger partial charge on any atom is -0.351 e. The normalized spacial score (nSPS) is 10.3. The molecule has 1 heterocycles. The Balaban J connectivity index is 2.40. The zero-order chi connectivity index (χ0) is 11.4. The van der Waals surface area contributed by atoms with Gasteiger partial charge in [0.1, 0.15) is 0 Å². The van der Waals surface area contributed by atoms with Gasteiger partial charge >= 0.3 is 0 Å². The van der Waals surface area contributed by atoms with E-state index in [1.807, 2.05) is 24.3 Å². The van der Waals surface area contributed by atoms with Gasteiger partial charge in [0.25, 0.3) is 5.91 Å². The molecule has 1 aromatic carbocycles. The molecule has 4 nitrogen and oxygen atoms in total. The second-order valence-electron chi connectivity index (χ2n) is 3.42. The van der Waals surface area contributed by atoms with Crippen LogP contribution in [0.2, 0.25) is 0 Å². The highest BCUT2D eigenvalue weighted by Gasteiger charge is 2.08. The minimum absolute atomic E-state index is 0.107. The van der Waals surface area contributed by atoms with Gasteiger partial charge in [-0.25, -0.2) is 0 Å². The first-order chi connectivity index (χ1) is 7.83. The van der Waals surface area contributed by atoms with Gasteiger partial charge in [-0.1, -0.05) is 12.1 Å². The molecule has 0 aliphatic heterocycles. The van der Waals surface area contributed by atoms with Crippen molar-refractivity contribution in [1.82, 2.24) is 10.3 Å². The van der Waals surface area contributed by atoms with Gasteiger partial charge in [-0.05, 0) is 18.2 Å². The van der Waals surface area contributed by atoms with Crippen LogP contribution >= 0.6 is 0 Å². The van der Waals surface area contributed by atoms with Gasteiger partial charge in [-0.2, -0.15) is 0 Å². The first-order valence-electron chi connectivity index (χ1n) is 5.15. The van der Waals surface area contributed by atoms with Gasteiger partial charge in [0.05, 0.1) is 5.52 Å². The molecule has 1 aromatic heterocycles. The zero-order valence-corrected chi connectivity index (χ0v) is 8.81. The predicted octanol–water partition coefficient (Wildman–Crippen LogP) is 0.923. The van der Waals surface area contributed by atoms with Crippen molar-refractivity contribution in [2.75, 3.05) is 13.1 Å². The van der Waals surface area contributed by atoms with Crippen LogP contribution in [0.4, 0.5) is 0 Å². The van der Waals surface area contributed by atoms with Crippen LogP contribution in [0, 0.1) is 0 Å². The van der Waals surface area contributed by atoms with Crippen molar-refractivity contribution in [1.29, 1.82) is 0 Å². The Morgan fingerprint density at radius 3 is 3.00 bits per heavy atom. The summed E-state index contributed by atoms with van der Waals surface area (Å²) in [6, 6.07) is 9.21. The molecule has 0 fully saturated rings. The molecule has 0 atom stereocenters. The van der Waals surface area contributed by atoms with E-state index in [0.29, 0.717) is 18.7 Å². The third kappa shape index (κ3) is 2.01. The fraction of sp³-hybridized carbons (Fsp3) is 0.167. The number of nitrogens with zero attached hydrogens (tertiary/aromatic N) is 1. The van der Waals surface area contributed by atoms with Crippen molar-refractivity contribution in [2.45, 2.75) is 0 Å². The van der Waals surface area contributed by atoms with Gasteiger partial charge in [0.2, 0.25) is 0 Å². The number of nitrogens with one attached hydrogen (secondary N) is 1. The van der Waals surface area contributed by atoms with E-state index in [4.69, 9.17) is 5.73 Å². The molecule has 3 N–H and O–H groups in total. The Kier molecular flexibility index (Phi) is 3.12. The molecule has 0 unspecified atom stereocenters. The van der Waals surface area contributed by atoms with E-state index < -0.39 is 0 Å². The molecule has 16 heavy (non-hydrogen) atoms. The summed E-state index contributed by atoms with van der Waals surface area (Å²) < 4.78 is 0. The lowest BCUT2D eigenvalue weighted by atomic mass is 10.1. The largest absolute Gasteiger partial charge is 0.351 e. The molecule has 0 spiro atoms. The molecular weight excluding hydrogens is 202 g/mol. The standard InChI is InChI=1S/C12H13N3O/c13-6-8-15-12(16)10-3-1-5-11-9(10)4-2-7-14-11/h1-5,7H,6,8,13H2,(H,15,16). The van der Waals surface area contributed by atoms with Crippen molar-refractivity contribution < 1.29 is 4.79 Å². The van der Waals surface area contributed by atoms with Gasteiger partial charge in [0, 0.05) is 30.2 Å². The van der Waals surface area contributed by atoms with Crippen LogP contribution in [0.5, 0.6) is 0 Å². The fourth-order valence-electron chi connectivity index (χ4n) is 1.58. The first-order valence-corrected chi connectivity index (χ1v) is 5.15. The molecule has 1 amide bonds. The Labute approximate surface area is 93.5 Å². The molecular formula is C12H13N3O. The van der Waals surface area contributed by atoms with E-state index in [1.54, 1.807) is 12.3 Å². The summed E-state index contributed by atoms with van der Waals surface area (Å²) in [5.41, 5.74) is 6.80. The highest BCUT2D eigenvalue weighted by atomic mass is 16.1. The summed E-state index contributed by atoms with van der Waals surface area (Å²) in [4.78, 5) is 16.0. The summed E-state index contributed by atoms with van der Waals surface area (Å²) in [7, 11) is 0. The molecule has 0 aliphatic rings. The highest BCUT2D eigenvalue weighted by Crippen LogP contribution is 2.15. The third-order valence-electron chi connectivity index (χ3n) is 2.32. The number of benzene rings is 1. The number of nitrogens with two attached hydrogens (primary N) is 1. The number of aromatic nitrogens is 1. The van der Waals surface area contributed by atoms with Crippen molar-refractivity contribution in [2.24, 2.45) is 5.73 Å². The van der Waals surface area contributed by atoms with Crippen molar-refractivity contribution in [3.63, 3.8) is 0 Å². The minimum atomic E-state index is -0.107. The summed E-state index contributed by atoms with van der Waals surface area (Å²) in [5, 5.41) is 3.61. The quantitative estimate of drug-likeness (QED) is 0.800. The maximum absolute atomic E-state index is 11.8. The van der Waals surface area contributed by atoms with E-state index in [2.05, 4.69) is 10.3 Å². The lowest BCUT2D eigenvalue weighted by Gasteiger charge is -2.06. The van der Waals surface area contributed by atoms with Crippen LogP contribution < -0.4 is 11.1 Å². The number of rotatable bonds is 3. The molecule has 82 valence electrons. The summed E-state index contributed by atoms with van der Waals surface area (Å²) >= 11 is 0. The van der Waals surface area contributed by atoms with Crippen LogP contribution in [0.3, 0.4) is 0 Å². The van der Waals surface area contributed by atoms with Crippen molar-refractivity contribution in [3.05, 3.63) is 42.1 Å². The Hall–Kier alpha value is -1.94. The summed E-state index contributed by atoms with van der Waals surface area (Å²) in [5.74, 6) is -0.107. The Morgan fingerprint density at radius 1 is 1.31 bits per heavy atom. The van der Waals surface area contributed by atoms with Crippen LogP contribution in [0.15, 0.2) is 36.5 Å². The number of pyridine rings is 1. The molecule has 0 radical (unpaired) electrons. The van der Waals surface area contributed by atoms with E-state index in [1.165, 1.54) is 0 Å². The van der Waals surface area contributed by atoms with Gasteiger partial charge in [-0.15, -0.1) is 0 Å². The third-order valence-corrected chi connectivity index (χ3v) is 2.32. The molecule has 2 aromatic rings. The second-order valence-corrected chi connectivity index (χ2v) is 3.42. The SMILES string of the molecule is NCCNC(=O)c1cccc2ncccc12. The van der Waals surface area contributed by atoms with Gasteiger partial charge in [-0.3, -0.25) is 9.78 Å². The van der Waals surface area contributed by atoms with Crippen molar-refractivity contribution in [3.8, 4) is 0 Å². The number of carbonyl (C=O) groups is 1. The fourth-order valence-corrected chi connectivity index (χ4v) is 1.58. The lowest BCUT2D eigenvalue weighted by molar-refractivity contribution is 0.0956. The number of amides is 1.